The number of halogens is 5. The summed E-state index contributed by atoms with van der Waals surface area (Å²) in [6, 6.07) is 2.65. The van der Waals surface area contributed by atoms with Crippen LogP contribution in [0.15, 0.2) is 34.8 Å². The lowest BCUT2D eigenvalue weighted by atomic mass is 10.1. The van der Waals surface area contributed by atoms with Crippen LogP contribution in [0.4, 0.5) is 17.6 Å². The van der Waals surface area contributed by atoms with Crippen molar-refractivity contribution >= 4 is 29.9 Å². The van der Waals surface area contributed by atoms with Gasteiger partial charge in [0.15, 0.2) is 5.96 Å². The molecule has 0 aliphatic carbocycles. The summed E-state index contributed by atoms with van der Waals surface area (Å²) in [5, 5.41) is 5.89. The van der Waals surface area contributed by atoms with Gasteiger partial charge in [0.25, 0.3) is 0 Å². The summed E-state index contributed by atoms with van der Waals surface area (Å²) in [7, 11) is 1.54. The number of nitrogens with one attached hydrogen (secondary N) is 2. The van der Waals surface area contributed by atoms with Crippen LogP contribution in [0.1, 0.15) is 24.0 Å². The second kappa shape index (κ2) is 10.7. The van der Waals surface area contributed by atoms with Gasteiger partial charge in [0, 0.05) is 20.1 Å². The van der Waals surface area contributed by atoms with Gasteiger partial charge in [-0.05, 0) is 30.5 Å². The Kier molecular flexibility index (Phi) is 9.34. The van der Waals surface area contributed by atoms with Gasteiger partial charge in [-0.25, -0.2) is 4.39 Å². The number of nitrogens with zero attached hydrogens (tertiary/aromatic N) is 1. The number of alkyl halides is 3. The van der Waals surface area contributed by atoms with Crippen LogP contribution >= 0.6 is 24.0 Å². The zero-order valence-corrected chi connectivity index (χ0v) is 16.7. The third kappa shape index (κ3) is 7.10. The van der Waals surface area contributed by atoms with Crippen molar-refractivity contribution < 1.29 is 22.3 Å². The lowest BCUT2D eigenvalue weighted by molar-refractivity contribution is -0.138. The fraction of sp³-hybridized carbons (Fsp3) is 0.471. The number of benzene rings is 1. The Morgan fingerprint density at radius 1 is 1.27 bits per heavy atom. The number of aliphatic imine (C=N–C) groups is 1. The summed E-state index contributed by atoms with van der Waals surface area (Å²) in [4.78, 5) is 3.99. The number of hydrogen-bond donors (Lipinski definition) is 2. The van der Waals surface area contributed by atoms with Gasteiger partial charge in [0.1, 0.15) is 5.82 Å². The highest BCUT2D eigenvalue weighted by atomic mass is 127. The zero-order chi connectivity index (χ0) is 18.3. The first kappa shape index (κ1) is 22.7. The predicted octanol–water partition coefficient (Wildman–Crippen LogP) is 3.86. The van der Waals surface area contributed by atoms with Crippen LogP contribution < -0.4 is 10.6 Å². The molecule has 1 aromatic rings. The Bertz CT molecular complexity index is 647. The molecule has 26 heavy (non-hydrogen) atoms. The molecule has 0 bridgehead atoms. The maximum Gasteiger partial charge on any atom is 0.416 e. The molecule has 2 N–H and O–H groups in total. The molecular formula is C17H22F4IN3O. The van der Waals surface area contributed by atoms with Crippen molar-refractivity contribution in [3.05, 3.63) is 46.8 Å². The first-order valence-electron chi connectivity index (χ1n) is 7.96. The Balaban J connectivity index is 0.00000338. The minimum atomic E-state index is -4.61. The Morgan fingerprint density at radius 2 is 2.04 bits per heavy atom. The third-order valence-electron chi connectivity index (χ3n) is 3.84. The van der Waals surface area contributed by atoms with E-state index in [0.29, 0.717) is 31.8 Å². The van der Waals surface area contributed by atoms with E-state index in [4.69, 9.17) is 4.74 Å². The molecule has 1 aliphatic rings. The van der Waals surface area contributed by atoms with Crippen LogP contribution in [0.3, 0.4) is 0 Å². The molecule has 0 saturated carbocycles. The summed E-state index contributed by atoms with van der Waals surface area (Å²) >= 11 is 0. The van der Waals surface area contributed by atoms with Gasteiger partial charge < -0.3 is 15.4 Å². The number of ether oxygens (including phenoxy) is 1. The van der Waals surface area contributed by atoms with Crippen molar-refractivity contribution in [3.63, 3.8) is 0 Å². The number of rotatable bonds is 5. The molecule has 0 aromatic heterocycles. The molecule has 1 aliphatic heterocycles. The Labute approximate surface area is 167 Å². The first-order valence-corrected chi connectivity index (χ1v) is 7.96. The van der Waals surface area contributed by atoms with Crippen LogP contribution in [0.5, 0.6) is 0 Å². The van der Waals surface area contributed by atoms with E-state index < -0.39 is 17.6 Å². The monoisotopic (exact) mass is 487 g/mol. The molecule has 9 heteroatoms. The fourth-order valence-corrected chi connectivity index (χ4v) is 2.50. The van der Waals surface area contributed by atoms with Gasteiger partial charge >= 0.3 is 6.18 Å². The van der Waals surface area contributed by atoms with Crippen LogP contribution in [0.25, 0.3) is 0 Å². The summed E-state index contributed by atoms with van der Waals surface area (Å²) < 4.78 is 57.3. The minimum absolute atomic E-state index is 0. The van der Waals surface area contributed by atoms with Crippen LogP contribution in [-0.4, -0.2) is 32.8 Å². The van der Waals surface area contributed by atoms with Gasteiger partial charge in [0.05, 0.1) is 18.8 Å². The van der Waals surface area contributed by atoms with Crippen LogP contribution in [0, 0.1) is 5.82 Å². The maximum atomic E-state index is 13.1. The predicted molar refractivity (Wildman–Crippen MR) is 103 cm³/mol. The van der Waals surface area contributed by atoms with Gasteiger partial charge in [-0.3, -0.25) is 4.99 Å². The first-order chi connectivity index (χ1) is 11.9. The van der Waals surface area contributed by atoms with Crippen molar-refractivity contribution in [2.24, 2.45) is 4.99 Å². The highest BCUT2D eigenvalue weighted by Crippen LogP contribution is 2.32. The lowest BCUT2D eigenvalue weighted by Crippen LogP contribution is -2.37. The second-order valence-electron chi connectivity index (χ2n) is 5.59. The van der Waals surface area contributed by atoms with E-state index in [2.05, 4.69) is 15.6 Å². The van der Waals surface area contributed by atoms with E-state index in [1.54, 1.807) is 7.05 Å². The van der Waals surface area contributed by atoms with E-state index in [-0.39, 0.29) is 36.1 Å². The average molecular weight is 487 g/mol. The molecule has 0 spiro atoms. The average Bonchev–Trinajstić information content (AvgIpc) is 2.59. The summed E-state index contributed by atoms with van der Waals surface area (Å²) in [6.07, 6.45) is -0.867. The van der Waals surface area contributed by atoms with E-state index in [1.165, 1.54) is 5.57 Å². The molecule has 0 unspecified atom stereocenters. The number of hydrogen-bond acceptors (Lipinski definition) is 2. The largest absolute Gasteiger partial charge is 0.416 e. The van der Waals surface area contributed by atoms with Gasteiger partial charge in [0.2, 0.25) is 0 Å². The molecular weight excluding hydrogens is 465 g/mol. The van der Waals surface area contributed by atoms with Crippen LogP contribution in [-0.2, 0) is 17.5 Å². The van der Waals surface area contributed by atoms with Crippen molar-refractivity contribution in [1.82, 2.24) is 10.6 Å². The SMILES string of the molecule is CN=C(NCCC1=CCOCC1)NCc1ccc(F)cc1C(F)(F)F.I. The smallest absolute Gasteiger partial charge is 0.377 e. The van der Waals surface area contributed by atoms with E-state index in [1.807, 2.05) is 6.08 Å². The third-order valence-corrected chi connectivity index (χ3v) is 3.84. The molecule has 2 rings (SSSR count). The van der Waals surface area contributed by atoms with E-state index in [0.717, 1.165) is 25.0 Å². The molecule has 0 amide bonds. The zero-order valence-electron chi connectivity index (χ0n) is 14.3. The van der Waals surface area contributed by atoms with Gasteiger partial charge in [-0.1, -0.05) is 17.7 Å². The molecule has 4 nitrogen and oxygen atoms in total. The minimum Gasteiger partial charge on any atom is -0.377 e. The molecule has 1 aromatic carbocycles. The maximum absolute atomic E-state index is 13.1. The standard InChI is InChI=1S/C17H21F4N3O.HI/c1-22-16(23-7-4-12-5-8-25-9-6-12)24-11-13-2-3-14(18)10-15(13)17(19,20)21;/h2-3,5,10H,4,6-9,11H2,1H3,(H2,22,23,24);1H. The van der Waals surface area contributed by atoms with E-state index in [9.17, 15) is 17.6 Å². The van der Waals surface area contributed by atoms with Crippen molar-refractivity contribution in [1.29, 1.82) is 0 Å². The molecule has 146 valence electrons. The molecule has 0 atom stereocenters. The van der Waals surface area contributed by atoms with Crippen LogP contribution in [0.2, 0.25) is 0 Å². The quantitative estimate of drug-likeness (QED) is 0.218. The summed E-state index contributed by atoms with van der Waals surface area (Å²) in [5.74, 6) is -0.520. The van der Waals surface area contributed by atoms with Gasteiger partial charge in [-0.15, -0.1) is 24.0 Å². The second-order valence-corrected chi connectivity index (χ2v) is 5.59. The lowest BCUT2D eigenvalue weighted by Gasteiger charge is -2.17. The molecule has 1 heterocycles. The van der Waals surface area contributed by atoms with Crippen molar-refractivity contribution in [2.75, 3.05) is 26.8 Å². The Morgan fingerprint density at radius 3 is 2.65 bits per heavy atom. The highest BCUT2D eigenvalue weighted by Gasteiger charge is 2.33. The van der Waals surface area contributed by atoms with Crippen molar-refractivity contribution in [2.45, 2.75) is 25.6 Å². The molecule has 0 radical (unpaired) electrons. The van der Waals surface area contributed by atoms with Gasteiger partial charge in [-0.2, -0.15) is 13.2 Å². The van der Waals surface area contributed by atoms with Crippen molar-refractivity contribution in [3.8, 4) is 0 Å². The highest BCUT2D eigenvalue weighted by molar-refractivity contribution is 14.0. The topological polar surface area (TPSA) is 45.7 Å². The number of guanidine groups is 1. The summed E-state index contributed by atoms with van der Waals surface area (Å²) in [6.45, 7) is 1.84. The fourth-order valence-electron chi connectivity index (χ4n) is 2.50. The molecule has 0 saturated heterocycles. The molecule has 0 fully saturated rings. The normalized spacial score (nSPS) is 15.1. The van der Waals surface area contributed by atoms with E-state index >= 15 is 0 Å². The summed E-state index contributed by atoms with van der Waals surface area (Å²) in [5.41, 5.74) is 0.263. The Hall–Kier alpha value is -1.36.